The number of guanidine groups is 1. The molecule has 140 valence electrons. The number of hydrogen-bond donors (Lipinski definition) is 2. The monoisotopic (exact) mass is 366 g/mol. The molecule has 0 spiro atoms. The molecule has 0 aliphatic rings. The number of aromatic nitrogens is 3. The minimum absolute atomic E-state index is 0.176. The van der Waals surface area contributed by atoms with Crippen LogP contribution in [0, 0.1) is 5.82 Å². The van der Waals surface area contributed by atoms with E-state index in [-0.39, 0.29) is 5.82 Å². The van der Waals surface area contributed by atoms with Gasteiger partial charge in [0.25, 0.3) is 0 Å². The number of halogens is 1. The van der Waals surface area contributed by atoms with Crippen LogP contribution in [-0.2, 0) is 13.0 Å². The molecule has 27 heavy (non-hydrogen) atoms. The van der Waals surface area contributed by atoms with Crippen LogP contribution < -0.4 is 10.6 Å². The summed E-state index contributed by atoms with van der Waals surface area (Å²) in [5.74, 6) is 1.34. The highest BCUT2D eigenvalue weighted by Gasteiger charge is 2.03. The van der Waals surface area contributed by atoms with E-state index in [0.29, 0.717) is 31.0 Å². The van der Waals surface area contributed by atoms with Gasteiger partial charge in [-0.1, -0.05) is 24.3 Å². The third-order valence-corrected chi connectivity index (χ3v) is 3.99. The molecule has 0 saturated heterocycles. The molecule has 0 saturated carbocycles. The fourth-order valence-corrected chi connectivity index (χ4v) is 2.59. The Labute approximate surface area is 158 Å². The molecule has 2 N–H and O–H groups in total. The molecule has 0 bridgehead atoms. The first kappa shape index (κ1) is 18.6. The van der Waals surface area contributed by atoms with E-state index in [2.05, 4.69) is 25.6 Å². The lowest BCUT2D eigenvalue weighted by molar-refractivity contribution is 0.606. The van der Waals surface area contributed by atoms with Crippen molar-refractivity contribution in [3.05, 3.63) is 78.3 Å². The van der Waals surface area contributed by atoms with Crippen LogP contribution in [0.3, 0.4) is 0 Å². The van der Waals surface area contributed by atoms with Crippen LogP contribution in [0.2, 0.25) is 0 Å². The molecule has 1 aromatic carbocycles. The minimum Gasteiger partial charge on any atom is -0.357 e. The van der Waals surface area contributed by atoms with Crippen LogP contribution in [0.4, 0.5) is 4.39 Å². The van der Waals surface area contributed by atoms with E-state index in [4.69, 9.17) is 0 Å². The Bertz CT molecular complexity index is 858. The Morgan fingerprint density at radius 1 is 1.19 bits per heavy atom. The van der Waals surface area contributed by atoms with E-state index in [0.717, 1.165) is 17.9 Å². The van der Waals surface area contributed by atoms with Gasteiger partial charge in [0.1, 0.15) is 18.0 Å². The maximum Gasteiger partial charge on any atom is 0.191 e. The number of hydrogen-bond acceptors (Lipinski definition) is 3. The lowest BCUT2D eigenvalue weighted by Crippen LogP contribution is -2.38. The molecule has 6 nitrogen and oxygen atoms in total. The summed E-state index contributed by atoms with van der Waals surface area (Å²) >= 11 is 0. The maximum atomic E-state index is 13.7. The van der Waals surface area contributed by atoms with Crippen molar-refractivity contribution in [2.24, 2.45) is 4.99 Å². The number of benzene rings is 1. The molecule has 7 heteroatoms. The molecule has 0 amide bonds. The van der Waals surface area contributed by atoms with E-state index in [1.165, 1.54) is 6.07 Å². The second-order valence-corrected chi connectivity index (χ2v) is 5.96. The fraction of sp³-hybridized carbons (Fsp3) is 0.250. The van der Waals surface area contributed by atoms with Crippen molar-refractivity contribution in [3.8, 4) is 5.82 Å². The van der Waals surface area contributed by atoms with Crippen molar-refractivity contribution in [1.29, 1.82) is 0 Å². The van der Waals surface area contributed by atoms with Gasteiger partial charge in [-0.2, -0.15) is 0 Å². The average molecular weight is 366 g/mol. The maximum absolute atomic E-state index is 13.7. The summed E-state index contributed by atoms with van der Waals surface area (Å²) < 4.78 is 15.5. The van der Waals surface area contributed by atoms with Crippen molar-refractivity contribution in [2.75, 3.05) is 13.1 Å². The van der Waals surface area contributed by atoms with Crippen molar-refractivity contribution >= 4 is 5.96 Å². The van der Waals surface area contributed by atoms with Crippen LogP contribution in [0.25, 0.3) is 5.82 Å². The van der Waals surface area contributed by atoms with Gasteiger partial charge in [0, 0.05) is 31.7 Å². The zero-order valence-corrected chi connectivity index (χ0v) is 15.3. The summed E-state index contributed by atoms with van der Waals surface area (Å²) in [5.41, 5.74) is 1.70. The van der Waals surface area contributed by atoms with E-state index in [9.17, 15) is 4.39 Å². The zero-order chi connectivity index (χ0) is 18.9. The van der Waals surface area contributed by atoms with Crippen LogP contribution in [-0.4, -0.2) is 33.6 Å². The Morgan fingerprint density at radius 2 is 2.07 bits per heavy atom. The van der Waals surface area contributed by atoms with Crippen LogP contribution in [0.15, 0.2) is 66.3 Å². The minimum atomic E-state index is -0.176. The molecule has 3 rings (SSSR count). The van der Waals surface area contributed by atoms with Crippen LogP contribution >= 0.6 is 0 Å². The quantitative estimate of drug-likeness (QED) is 0.498. The number of pyridine rings is 1. The summed E-state index contributed by atoms with van der Waals surface area (Å²) in [6.45, 7) is 3.87. The second kappa shape index (κ2) is 9.47. The van der Waals surface area contributed by atoms with Crippen molar-refractivity contribution in [1.82, 2.24) is 25.2 Å². The molecular formula is C20H23FN6. The Kier molecular flexibility index (Phi) is 6.51. The summed E-state index contributed by atoms with van der Waals surface area (Å²) in [4.78, 5) is 13.0. The van der Waals surface area contributed by atoms with Crippen LogP contribution in [0.1, 0.15) is 18.1 Å². The van der Waals surface area contributed by atoms with Crippen molar-refractivity contribution in [2.45, 2.75) is 19.9 Å². The number of aliphatic imine (C=N–C) groups is 1. The first-order valence-corrected chi connectivity index (χ1v) is 8.95. The molecular weight excluding hydrogens is 343 g/mol. The average Bonchev–Trinajstić information content (AvgIpc) is 3.23. The van der Waals surface area contributed by atoms with Gasteiger partial charge in [0.2, 0.25) is 0 Å². The van der Waals surface area contributed by atoms with Crippen molar-refractivity contribution in [3.63, 3.8) is 0 Å². The third-order valence-electron chi connectivity index (χ3n) is 3.99. The molecule has 2 aromatic heterocycles. The highest BCUT2D eigenvalue weighted by Crippen LogP contribution is 2.07. The molecule has 0 fully saturated rings. The first-order chi connectivity index (χ1) is 13.3. The van der Waals surface area contributed by atoms with Gasteiger partial charge < -0.3 is 10.6 Å². The molecule has 2 heterocycles. The van der Waals surface area contributed by atoms with Gasteiger partial charge in [-0.05, 0) is 36.6 Å². The Hall–Kier alpha value is -3.22. The zero-order valence-electron chi connectivity index (χ0n) is 15.3. The van der Waals surface area contributed by atoms with E-state index >= 15 is 0 Å². The molecule has 0 atom stereocenters. The van der Waals surface area contributed by atoms with Gasteiger partial charge in [-0.3, -0.25) is 4.57 Å². The SMILES string of the molecule is CCNC(=NCc1ccc(-n2ccnc2)nc1)NCCc1ccccc1F. The van der Waals surface area contributed by atoms with Gasteiger partial charge in [0.05, 0.1) is 6.54 Å². The molecule has 0 radical (unpaired) electrons. The number of rotatable bonds is 7. The van der Waals surface area contributed by atoms with Crippen molar-refractivity contribution < 1.29 is 4.39 Å². The first-order valence-electron chi connectivity index (χ1n) is 8.95. The summed E-state index contributed by atoms with van der Waals surface area (Å²) in [6, 6.07) is 10.8. The lowest BCUT2D eigenvalue weighted by Gasteiger charge is -2.11. The number of nitrogens with one attached hydrogen (secondary N) is 2. The van der Waals surface area contributed by atoms with Crippen LogP contribution in [0.5, 0.6) is 0 Å². The predicted molar refractivity (Wildman–Crippen MR) is 104 cm³/mol. The Balaban J connectivity index is 1.56. The highest BCUT2D eigenvalue weighted by molar-refractivity contribution is 5.79. The third kappa shape index (κ3) is 5.37. The van der Waals surface area contributed by atoms with Gasteiger partial charge in [0.15, 0.2) is 5.96 Å². The molecule has 0 unspecified atom stereocenters. The number of imidazole rings is 1. The van der Waals surface area contributed by atoms with Gasteiger partial charge in [-0.25, -0.2) is 19.4 Å². The largest absolute Gasteiger partial charge is 0.357 e. The lowest BCUT2D eigenvalue weighted by atomic mass is 10.1. The summed E-state index contributed by atoms with van der Waals surface area (Å²) in [5, 5.41) is 6.44. The number of nitrogens with zero attached hydrogens (tertiary/aromatic N) is 4. The van der Waals surface area contributed by atoms with E-state index < -0.39 is 0 Å². The predicted octanol–water partition coefficient (Wildman–Crippen LogP) is 2.70. The second-order valence-electron chi connectivity index (χ2n) is 5.96. The van der Waals surface area contributed by atoms with E-state index in [1.807, 2.05) is 42.1 Å². The smallest absolute Gasteiger partial charge is 0.191 e. The summed E-state index contributed by atoms with van der Waals surface area (Å²) in [7, 11) is 0. The van der Waals surface area contributed by atoms with Gasteiger partial charge >= 0.3 is 0 Å². The molecule has 3 aromatic rings. The summed E-state index contributed by atoms with van der Waals surface area (Å²) in [6.07, 6.45) is 7.68. The molecule has 0 aliphatic heterocycles. The van der Waals surface area contributed by atoms with E-state index in [1.54, 1.807) is 24.7 Å². The normalized spacial score (nSPS) is 11.4. The highest BCUT2D eigenvalue weighted by atomic mass is 19.1. The topological polar surface area (TPSA) is 67.1 Å². The van der Waals surface area contributed by atoms with Gasteiger partial charge in [-0.15, -0.1) is 0 Å². The standard InChI is InChI=1S/C20H23FN6/c1-2-23-20(24-10-9-17-5-3-4-6-18(17)21)26-14-16-7-8-19(25-13-16)27-12-11-22-15-27/h3-8,11-13,15H,2,9-10,14H2,1H3,(H2,23,24,26). The Morgan fingerprint density at radius 3 is 2.78 bits per heavy atom. The fourth-order valence-electron chi connectivity index (χ4n) is 2.59. The molecule has 0 aliphatic carbocycles.